The van der Waals surface area contributed by atoms with Crippen molar-refractivity contribution < 1.29 is 28.8 Å². The molecule has 0 radical (unpaired) electrons. The number of rotatable bonds is 4. The van der Waals surface area contributed by atoms with Gasteiger partial charge in [0, 0.05) is 19.3 Å². The molecule has 1 saturated carbocycles. The van der Waals surface area contributed by atoms with E-state index in [-0.39, 0.29) is 23.4 Å². The molecule has 5 aliphatic heterocycles. The van der Waals surface area contributed by atoms with Crippen LogP contribution in [0.1, 0.15) is 84.5 Å². The third-order valence-corrected chi connectivity index (χ3v) is 8.88. The first-order valence-corrected chi connectivity index (χ1v) is 13.2. The summed E-state index contributed by atoms with van der Waals surface area (Å²) in [7, 11) is 0. The molecule has 1 N–H and O–H groups in total. The van der Waals surface area contributed by atoms with Gasteiger partial charge >= 0.3 is 0 Å². The summed E-state index contributed by atoms with van der Waals surface area (Å²) >= 11 is 0. The first-order valence-electron chi connectivity index (χ1n) is 13.2. The standard InChI is InChI=1S/2C13H20O3/c1-2-3-8-4-5-11-13(16-8)6-9(14-11)12-10(7-13)15-12;1-2-3-9-4-5-12-13(16-9)7-6-10(14)11(8-13)15-12/h8-12H,2-7H2,1H3;6-7,9-12,14H,2-5,8H2,1H3/t8-,9+,10+,11-,12-,13+;9-,10+,11+,12-,13-/m00/s1. The number of aliphatic hydroxyl groups excluding tert-OH is 1. The maximum Gasteiger partial charge on any atom is 0.115 e. The fourth-order valence-electron chi connectivity index (χ4n) is 7.30. The monoisotopic (exact) mass is 448 g/mol. The Hall–Kier alpha value is -0.500. The van der Waals surface area contributed by atoms with Crippen molar-refractivity contribution in [3.63, 3.8) is 0 Å². The normalized spacial score (nSPS) is 54.2. The number of aliphatic hydroxyl groups is 1. The van der Waals surface area contributed by atoms with Gasteiger partial charge in [-0.05, 0) is 38.5 Å². The van der Waals surface area contributed by atoms with Crippen LogP contribution in [-0.2, 0) is 23.7 Å². The lowest BCUT2D eigenvalue weighted by molar-refractivity contribution is -0.171. The molecule has 7 rings (SSSR count). The zero-order chi connectivity index (χ0) is 21.9. The molecule has 0 aromatic rings. The summed E-state index contributed by atoms with van der Waals surface area (Å²) in [6, 6.07) is 0. The Kier molecular flexibility index (Phi) is 5.72. The Morgan fingerprint density at radius 1 is 0.781 bits per heavy atom. The molecule has 6 heteroatoms. The summed E-state index contributed by atoms with van der Waals surface area (Å²) in [6.45, 7) is 4.43. The number of fused-ring (bicyclic) bond motifs is 4. The summed E-state index contributed by atoms with van der Waals surface area (Å²) in [5, 5.41) is 9.74. The molecule has 6 fully saturated rings. The van der Waals surface area contributed by atoms with E-state index in [1.165, 1.54) is 32.1 Å². The van der Waals surface area contributed by atoms with Gasteiger partial charge in [-0.15, -0.1) is 0 Å². The molecule has 2 spiro atoms. The van der Waals surface area contributed by atoms with Gasteiger partial charge in [-0.3, -0.25) is 0 Å². The van der Waals surface area contributed by atoms with Gasteiger partial charge in [0.05, 0.1) is 54.4 Å². The highest BCUT2D eigenvalue weighted by Gasteiger charge is 2.66. The Balaban J connectivity index is 0.000000122. The van der Waals surface area contributed by atoms with E-state index in [4.69, 9.17) is 23.7 Å². The summed E-state index contributed by atoms with van der Waals surface area (Å²) in [5.74, 6) is 0. The number of hydrogen-bond donors (Lipinski definition) is 1. The number of hydrogen-bond acceptors (Lipinski definition) is 6. The zero-order valence-corrected chi connectivity index (χ0v) is 19.6. The van der Waals surface area contributed by atoms with Crippen LogP contribution in [0.15, 0.2) is 12.2 Å². The molecule has 6 nitrogen and oxygen atoms in total. The Bertz CT molecular complexity index is 723. The summed E-state index contributed by atoms with van der Waals surface area (Å²) in [4.78, 5) is 0. The van der Waals surface area contributed by atoms with Gasteiger partial charge in [-0.25, -0.2) is 0 Å². The summed E-state index contributed by atoms with van der Waals surface area (Å²) < 4.78 is 30.3. The molecule has 11 atom stereocenters. The second-order valence-corrected chi connectivity index (χ2v) is 11.2. The lowest BCUT2D eigenvalue weighted by Crippen LogP contribution is -2.50. The van der Waals surface area contributed by atoms with Crippen LogP contribution in [0.2, 0.25) is 0 Å². The van der Waals surface area contributed by atoms with E-state index in [1.807, 2.05) is 12.2 Å². The van der Waals surface area contributed by atoms with Crippen LogP contribution in [0.5, 0.6) is 0 Å². The highest BCUT2D eigenvalue weighted by atomic mass is 16.6. The quantitative estimate of drug-likeness (QED) is 0.521. The van der Waals surface area contributed by atoms with Crippen molar-refractivity contribution >= 4 is 0 Å². The van der Waals surface area contributed by atoms with Crippen LogP contribution in [0.25, 0.3) is 0 Å². The molecule has 32 heavy (non-hydrogen) atoms. The first kappa shape index (κ1) is 22.0. The largest absolute Gasteiger partial charge is 0.386 e. The minimum absolute atomic E-state index is 0.0282. The summed E-state index contributed by atoms with van der Waals surface area (Å²) in [5.41, 5.74) is -0.192. The smallest absolute Gasteiger partial charge is 0.115 e. The van der Waals surface area contributed by atoms with Gasteiger partial charge < -0.3 is 28.8 Å². The maximum absolute atomic E-state index is 9.74. The van der Waals surface area contributed by atoms with E-state index in [9.17, 15) is 5.11 Å². The third-order valence-electron chi connectivity index (χ3n) is 8.88. The molecular weight excluding hydrogens is 408 g/mol. The minimum atomic E-state index is -0.440. The maximum atomic E-state index is 9.74. The zero-order valence-electron chi connectivity index (χ0n) is 19.6. The molecule has 5 saturated heterocycles. The van der Waals surface area contributed by atoms with Gasteiger partial charge in [0.25, 0.3) is 0 Å². The van der Waals surface area contributed by atoms with Crippen molar-refractivity contribution in [2.75, 3.05) is 0 Å². The lowest BCUT2D eigenvalue weighted by Gasteiger charge is -2.42. The first-order chi connectivity index (χ1) is 15.5. The Morgan fingerprint density at radius 2 is 1.44 bits per heavy atom. The average Bonchev–Trinajstić information content (AvgIpc) is 3.37. The molecule has 0 unspecified atom stereocenters. The van der Waals surface area contributed by atoms with E-state index in [0.29, 0.717) is 36.6 Å². The van der Waals surface area contributed by atoms with Crippen molar-refractivity contribution in [3.05, 3.63) is 12.2 Å². The molecular formula is C26H40O6. The third kappa shape index (κ3) is 3.70. The summed E-state index contributed by atoms with van der Waals surface area (Å²) in [6.07, 6.45) is 18.2. The molecule has 0 amide bonds. The molecule has 4 bridgehead atoms. The van der Waals surface area contributed by atoms with E-state index < -0.39 is 6.10 Å². The van der Waals surface area contributed by atoms with Crippen LogP contribution in [0.3, 0.4) is 0 Å². The highest BCUT2D eigenvalue weighted by Crippen LogP contribution is 2.55. The van der Waals surface area contributed by atoms with Crippen molar-refractivity contribution in [3.8, 4) is 0 Å². The van der Waals surface area contributed by atoms with Crippen LogP contribution >= 0.6 is 0 Å². The van der Waals surface area contributed by atoms with Crippen LogP contribution in [-0.4, -0.2) is 71.2 Å². The van der Waals surface area contributed by atoms with Crippen LogP contribution in [0.4, 0.5) is 0 Å². The van der Waals surface area contributed by atoms with Crippen LogP contribution in [0, 0.1) is 0 Å². The number of ether oxygens (including phenoxy) is 5. The van der Waals surface area contributed by atoms with E-state index in [0.717, 1.165) is 38.5 Å². The van der Waals surface area contributed by atoms with Gasteiger partial charge in [-0.1, -0.05) is 38.8 Å². The SMILES string of the molecule is CCC[C@H]1CC[C@@H]2O[C@@H]3C[C@]2(C=C[C@H]3O)O1.CCC[C@H]1CC[C@@H]2O[C@@H]3C[C@]2(C[C@H]2O[C@H]23)O1. The minimum Gasteiger partial charge on any atom is -0.386 e. The molecule has 0 aromatic carbocycles. The molecule has 180 valence electrons. The van der Waals surface area contributed by atoms with Gasteiger partial charge in [0.1, 0.15) is 11.7 Å². The second-order valence-electron chi connectivity index (χ2n) is 11.2. The Morgan fingerprint density at radius 3 is 2.19 bits per heavy atom. The Labute approximate surface area is 192 Å². The van der Waals surface area contributed by atoms with E-state index >= 15 is 0 Å². The second kappa shape index (κ2) is 8.31. The topological polar surface area (TPSA) is 69.7 Å². The molecule has 7 aliphatic rings. The van der Waals surface area contributed by atoms with Crippen molar-refractivity contribution in [1.29, 1.82) is 0 Å². The molecule has 2 aliphatic carbocycles. The van der Waals surface area contributed by atoms with Gasteiger partial charge in [0.2, 0.25) is 0 Å². The molecule has 5 heterocycles. The average molecular weight is 449 g/mol. The predicted octanol–water partition coefficient (Wildman–Crippen LogP) is 3.83. The fraction of sp³-hybridized carbons (Fsp3) is 0.923. The van der Waals surface area contributed by atoms with E-state index in [1.54, 1.807) is 0 Å². The van der Waals surface area contributed by atoms with Gasteiger partial charge in [0.15, 0.2) is 0 Å². The van der Waals surface area contributed by atoms with E-state index in [2.05, 4.69) is 13.8 Å². The highest BCUT2D eigenvalue weighted by molar-refractivity contribution is 5.21. The van der Waals surface area contributed by atoms with Gasteiger partial charge in [-0.2, -0.15) is 0 Å². The molecule has 0 aromatic heterocycles. The van der Waals surface area contributed by atoms with Crippen molar-refractivity contribution in [2.24, 2.45) is 0 Å². The fourth-order valence-corrected chi connectivity index (χ4v) is 7.30. The van der Waals surface area contributed by atoms with Crippen LogP contribution < -0.4 is 0 Å². The van der Waals surface area contributed by atoms with Crippen molar-refractivity contribution in [1.82, 2.24) is 0 Å². The lowest BCUT2D eigenvalue weighted by atomic mass is 9.78. The predicted molar refractivity (Wildman–Crippen MR) is 118 cm³/mol. The number of epoxide rings is 1. The van der Waals surface area contributed by atoms with Crippen molar-refractivity contribution in [2.45, 2.75) is 151 Å².